The molecule has 0 fully saturated rings. The molecule has 2 unspecified atom stereocenters. The zero-order valence-corrected chi connectivity index (χ0v) is 40.3. The normalized spacial score (nSPS) is 13.6. The fourth-order valence-electron chi connectivity index (χ4n) is 7.26. The molecule has 0 aromatic heterocycles. The minimum absolute atomic E-state index is 0.0960. The molecule has 0 aromatic rings. The molecule has 0 heterocycles. The van der Waals surface area contributed by atoms with E-state index >= 15 is 0 Å². The van der Waals surface area contributed by atoms with Crippen LogP contribution in [0.5, 0.6) is 0 Å². The van der Waals surface area contributed by atoms with Crippen LogP contribution in [0.1, 0.15) is 245 Å². The maximum absolute atomic E-state index is 12.6. The second kappa shape index (κ2) is 48.7. The maximum atomic E-state index is 12.6. The zero-order chi connectivity index (χ0) is 43.7. The lowest BCUT2D eigenvalue weighted by Crippen LogP contribution is -2.28. The van der Waals surface area contributed by atoms with Gasteiger partial charge in [-0.3, -0.25) is 13.8 Å². The molecular weight excluding hydrogens is 770 g/mol. The SMILES string of the molecule is CCCCC/C=C\C/C=C\CCCCCCCCCCCC(=O)OC(COCCCCCCCCCCCC/C=C\CCCCCCCCCC)COP(=O)(O)OCCN. The quantitative estimate of drug-likeness (QED) is 0.0269. The van der Waals surface area contributed by atoms with Gasteiger partial charge in [-0.2, -0.15) is 0 Å². The molecule has 0 spiro atoms. The molecular formula is C51H98NO7P. The number of nitrogens with two attached hydrogens (primary N) is 1. The van der Waals surface area contributed by atoms with E-state index in [-0.39, 0.29) is 32.3 Å². The Hall–Kier alpha value is -1.28. The Morgan fingerprint density at radius 1 is 0.500 bits per heavy atom. The first-order valence-corrected chi connectivity index (χ1v) is 27.0. The summed E-state index contributed by atoms with van der Waals surface area (Å²) in [5.41, 5.74) is 5.39. The molecule has 0 aromatic carbocycles. The van der Waals surface area contributed by atoms with Gasteiger partial charge in [-0.25, -0.2) is 4.57 Å². The average molecular weight is 868 g/mol. The molecule has 0 bridgehead atoms. The highest BCUT2D eigenvalue weighted by Crippen LogP contribution is 2.43. The Balaban J connectivity index is 3.93. The molecule has 8 nitrogen and oxygen atoms in total. The van der Waals surface area contributed by atoms with Crippen molar-refractivity contribution in [3.8, 4) is 0 Å². The summed E-state index contributed by atoms with van der Waals surface area (Å²) in [7, 11) is -4.28. The largest absolute Gasteiger partial charge is 0.472 e. The molecule has 0 rings (SSSR count). The molecule has 0 aliphatic carbocycles. The van der Waals surface area contributed by atoms with E-state index in [0.717, 1.165) is 38.5 Å². The Labute approximate surface area is 371 Å². The van der Waals surface area contributed by atoms with Crippen molar-refractivity contribution in [1.82, 2.24) is 0 Å². The highest BCUT2D eigenvalue weighted by atomic mass is 31.2. The molecule has 3 N–H and O–H groups in total. The lowest BCUT2D eigenvalue weighted by atomic mass is 10.1. The minimum Gasteiger partial charge on any atom is -0.457 e. The van der Waals surface area contributed by atoms with Gasteiger partial charge in [0, 0.05) is 19.6 Å². The summed E-state index contributed by atoms with van der Waals surface area (Å²) in [6.45, 7) is 4.93. The zero-order valence-electron chi connectivity index (χ0n) is 39.5. The van der Waals surface area contributed by atoms with Gasteiger partial charge in [-0.15, -0.1) is 0 Å². The summed E-state index contributed by atoms with van der Waals surface area (Å²) in [5, 5.41) is 0. The molecule has 0 saturated carbocycles. The Bertz CT molecular complexity index is 1020. The third kappa shape index (κ3) is 47.8. The van der Waals surface area contributed by atoms with Crippen molar-refractivity contribution in [2.45, 2.75) is 251 Å². The summed E-state index contributed by atoms with van der Waals surface area (Å²) >= 11 is 0. The molecule has 0 aliphatic rings. The van der Waals surface area contributed by atoms with Crippen molar-refractivity contribution in [2.24, 2.45) is 5.73 Å². The molecule has 60 heavy (non-hydrogen) atoms. The van der Waals surface area contributed by atoms with E-state index in [4.69, 9.17) is 24.3 Å². The van der Waals surface area contributed by atoms with Gasteiger partial charge < -0.3 is 20.1 Å². The van der Waals surface area contributed by atoms with Crippen LogP contribution < -0.4 is 5.73 Å². The van der Waals surface area contributed by atoms with Gasteiger partial charge in [-0.1, -0.05) is 204 Å². The lowest BCUT2D eigenvalue weighted by Gasteiger charge is -2.20. The number of esters is 1. The van der Waals surface area contributed by atoms with Crippen LogP contribution in [0.3, 0.4) is 0 Å². The number of hydrogen-bond donors (Lipinski definition) is 2. The van der Waals surface area contributed by atoms with Crippen LogP contribution in [-0.4, -0.2) is 49.9 Å². The number of rotatable bonds is 49. The van der Waals surface area contributed by atoms with Gasteiger partial charge >= 0.3 is 13.8 Å². The number of ether oxygens (including phenoxy) is 2. The smallest absolute Gasteiger partial charge is 0.457 e. The first-order chi connectivity index (χ1) is 29.4. The molecule has 0 amide bonds. The highest BCUT2D eigenvalue weighted by molar-refractivity contribution is 7.47. The second-order valence-corrected chi connectivity index (χ2v) is 18.5. The van der Waals surface area contributed by atoms with E-state index in [1.165, 1.54) is 186 Å². The van der Waals surface area contributed by atoms with Crippen LogP contribution in [0.4, 0.5) is 0 Å². The summed E-state index contributed by atoms with van der Waals surface area (Å²) < 4.78 is 33.6. The summed E-state index contributed by atoms with van der Waals surface area (Å²) in [6.07, 6.45) is 57.4. The number of phosphoric ester groups is 1. The van der Waals surface area contributed by atoms with Crippen LogP contribution in [-0.2, 0) is 27.9 Å². The Morgan fingerprint density at radius 2 is 0.883 bits per heavy atom. The van der Waals surface area contributed by atoms with E-state index in [9.17, 15) is 14.3 Å². The van der Waals surface area contributed by atoms with Crippen molar-refractivity contribution >= 4 is 13.8 Å². The van der Waals surface area contributed by atoms with E-state index in [1.54, 1.807) is 0 Å². The Morgan fingerprint density at radius 3 is 1.35 bits per heavy atom. The topological polar surface area (TPSA) is 117 Å². The van der Waals surface area contributed by atoms with E-state index in [2.05, 4.69) is 50.3 Å². The molecule has 9 heteroatoms. The van der Waals surface area contributed by atoms with E-state index in [1.807, 2.05) is 0 Å². The summed E-state index contributed by atoms with van der Waals surface area (Å²) in [4.78, 5) is 22.6. The van der Waals surface area contributed by atoms with Crippen LogP contribution >= 0.6 is 7.82 Å². The third-order valence-electron chi connectivity index (χ3n) is 11.0. The number of carbonyl (C=O) groups is 1. The maximum Gasteiger partial charge on any atom is 0.472 e. The van der Waals surface area contributed by atoms with Crippen LogP contribution in [0.2, 0.25) is 0 Å². The van der Waals surface area contributed by atoms with Crippen molar-refractivity contribution < 1.29 is 32.8 Å². The minimum atomic E-state index is -4.28. The summed E-state index contributed by atoms with van der Waals surface area (Å²) in [5.74, 6) is -0.332. The molecule has 2 atom stereocenters. The van der Waals surface area contributed by atoms with E-state index in [0.29, 0.717) is 13.0 Å². The Kier molecular flexibility index (Phi) is 47.7. The summed E-state index contributed by atoms with van der Waals surface area (Å²) in [6, 6.07) is 0. The number of allylic oxidation sites excluding steroid dienone is 6. The second-order valence-electron chi connectivity index (χ2n) is 17.0. The fourth-order valence-corrected chi connectivity index (χ4v) is 8.02. The standard InChI is InChI=1S/C51H98NO7P/c1-3-5-7-9-11-13-15-17-19-21-23-24-25-27-29-31-33-35-37-39-41-43-46-56-48-50(49-58-60(54,55)57-47-45-52)59-51(53)44-42-40-38-36-34-32-30-28-26-22-20-18-16-14-12-10-8-6-4-2/h12,14,18,20-21,23,50H,3-11,13,15-17,19,22,24-49,52H2,1-2H3,(H,54,55)/b14-12-,20-18-,23-21-. The van der Waals surface area contributed by atoms with Gasteiger partial charge in [0.15, 0.2) is 0 Å². The van der Waals surface area contributed by atoms with E-state index < -0.39 is 13.9 Å². The van der Waals surface area contributed by atoms with Gasteiger partial charge in [0.05, 0.1) is 19.8 Å². The average Bonchev–Trinajstić information content (AvgIpc) is 3.24. The number of phosphoric acid groups is 1. The monoisotopic (exact) mass is 868 g/mol. The van der Waals surface area contributed by atoms with Crippen molar-refractivity contribution in [3.05, 3.63) is 36.5 Å². The first kappa shape index (κ1) is 58.7. The lowest BCUT2D eigenvalue weighted by molar-refractivity contribution is -0.154. The molecule has 354 valence electrons. The predicted octanol–water partition coefficient (Wildman–Crippen LogP) is 15.8. The van der Waals surface area contributed by atoms with Crippen molar-refractivity contribution in [3.63, 3.8) is 0 Å². The van der Waals surface area contributed by atoms with Crippen LogP contribution in [0.25, 0.3) is 0 Å². The highest BCUT2D eigenvalue weighted by Gasteiger charge is 2.25. The molecule has 0 saturated heterocycles. The first-order valence-electron chi connectivity index (χ1n) is 25.5. The number of carbonyl (C=O) groups excluding carboxylic acids is 1. The van der Waals surface area contributed by atoms with Crippen molar-refractivity contribution in [1.29, 1.82) is 0 Å². The fraction of sp³-hybridized carbons (Fsp3) is 0.863. The third-order valence-corrected chi connectivity index (χ3v) is 12.0. The van der Waals surface area contributed by atoms with Crippen LogP contribution in [0, 0.1) is 0 Å². The predicted molar refractivity (Wildman–Crippen MR) is 256 cm³/mol. The van der Waals surface area contributed by atoms with Gasteiger partial charge in [0.1, 0.15) is 6.10 Å². The number of unbranched alkanes of at least 4 members (excludes halogenated alkanes) is 30. The molecule has 0 aliphatic heterocycles. The van der Waals surface area contributed by atoms with Crippen molar-refractivity contribution in [2.75, 3.05) is 33.0 Å². The van der Waals surface area contributed by atoms with Gasteiger partial charge in [0.2, 0.25) is 0 Å². The van der Waals surface area contributed by atoms with Crippen LogP contribution in [0.15, 0.2) is 36.5 Å². The molecule has 0 radical (unpaired) electrons. The number of hydrogen-bond acceptors (Lipinski definition) is 7. The van der Waals surface area contributed by atoms with Gasteiger partial charge in [0.25, 0.3) is 0 Å². The van der Waals surface area contributed by atoms with Gasteiger partial charge in [-0.05, 0) is 70.6 Å².